The molecule has 1 saturated carbocycles. The number of hydrogen-bond donors (Lipinski definition) is 1. The monoisotopic (exact) mass is 497 g/mol. The Morgan fingerprint density at radius 2 is 1.83 bits per heavy atom. The van der Waals surface area contributed by atoms with E-state index in [2.05, 4.69) is 5.32 Å². The molecule has 1 aliphatic carbocycles. The molecule has 0 heterocycles. The van der Waals surface area contributed by atoms with Gasteiger partial charge in [0.25, 0.3) is 5.91 Å². The van der Waals surface area contributed by atoms with Gasteiger partial charge in [-0.05, 0) is 37.8 Å². The molecule has 1 aliphatic rings. The van der Waals surface area contributed by atoms with Crippen LogP contribution < -0.4 is 14.8 Å². The Kier molecular flexibility index (Phi) is 9.67. The van der Waals surface area contributed by atoms with Crippen molar-refractivity contribution < 1.29 is 24.0 Å². The first-order valence-electron chi connectivity index (χ1n) is 12.4. The molecule has 0 bridgehead atoms. The highest BCUT2D eigenvalue weighted by molar-refractivity contribution is 5.88. The second-order valence-corrected chi connectivity index (χ2v) is 9.15. The average Bonchev–Trinajstić information content (AvgIpc) is 2.88. The van der Waals surface area contributed by atoms with Crippen molar-refractivity contribution in [3.63, 3.8) is 0 Å². The van der Waals surface area contributed by atoms with E-state index >= 15 is 0 Å². The summed E-state index contributed by atoms with van der Waals surface area (Å²) in [6.45, 7) is 3.83. The third-order valence-electron chi connectivity index (χ3n) is 6.52. The fraction of sp³-hybridized carbons (Fsp3) is 0.481. The predicted octanol–water partition coefficient (Wildman–Crippen LogP) is 4.55. The summed E-state index contributed by atoms with van der Waals surface area (Å²) in [6.07, 6.45) is 5.76. The van der Waals surface area contributed by atoms with Gasteiger partial charge in [0.15, 0.2) is 6.61 Å². The number of carbonyl (C=O) groups excluding carboxylic acids is 2. The molecule has 36 heavy (non-hydrogen) atoms. The van der Waals surface area contributed by atoms with Crippen LogP contribution in [0.3, 0.4) is 0 Å². The lowest BCUT2D eigenvalue weighted by Gasteiger charge is -2.32. The molecule has 194 valence electrons. The lowest BCUT2D eigenvalue weighted by atomic mass is 9.95. The second-order valence-electron chi connectivity index (χ2n) is 9.15. The van der Waals surface area contributed by atoms with Crippen LogP contribution in [0.4, 0.5) is 5.69 Å². The highest BCUT2D eigenvalue weighted by atomic mass is 16.6. The van der Waals surface area contributed by atoms with Crippen LogP contribution in [0.25, 0.3) is 0 Å². The van der Waals surface area contributed by atoms with E-state index in [4.69, 9.17) is 9.47 Å². The molecule has 2 amide bonds. The third-order valence-corrected chi connectivity index (χ3v) is 6.52. The molecule has 0 radical (unpaired) electrons. The van der Waals surface area contributed by atoms with Gasteiger partial charge in [-0.2, -0.15) is 0 Å². The fourth-order valence-electron chi connectivity index (χ4n) is 4.48. The maximum absolute atomic E-state index is 13.4. The Hall–Kier alpha value is -3.62. The summed E-state index contributed by atoms with van der Waals surface area (Å²) in [5.74, 6) is -0.194. The van der Waals surface area contributed by atoms with Gasteiger partial charge in [0.2, 0.25) is 11.7 Å². The van der Waals surface area contributed by atoms with Gasteiger partial charge in [-0.25, -0.2) is 0 Å². The number of methoxy groups -OCH3 is 1. The summed E-state index contributed by atoms with van der Waals surface area (Å²) in [6, 6.07) is 11.4. The van der Waals surface area contributed by atoms with Gasteiger partial charge in [-0.3, -0.25) is 19.7 Å². The molecule has 1 atom stereocenters. The van der Waals surface area contributed by atoms with Crippen molar-refractivity contribution in [3.05, 3.63) is 63.7 Å². The molecule has 1 N–H and O–H groups in total. The van der Waals surface area contributed by atoms with E-state index in [1.54, 1.807) is 4.90 Å². The summed E-state index contributed by atoms with van der Waals surface area (Å²) >= 11 is 0. The smallest absolute Gasteiger partial charge is 0.311 e. The zero-order chi connectivity index (χ0) is 26.1. The molecular weight excluding hydrogens is 462 g/mol. The van der Waals surface area contributed by atoms with Crippen molar-refractivity contribution in [2.45, 2.75) is 71.0 Å². The van der Waals surface area contributed by atoms with Crippen LogP contribution in [0.15, 0.2) is 42.5 Å². The SMILES string of the molecule is CC[C@@H](C(=O)NC1CCCCC1)N(Cc1ccc(C)cc1)C(=O)COc1ccc([N+](=O)[O-])c(OC)c1. The lowest BCUT2D eigenvalue weighted by molar-refractivity contribution is -0.385. The van der Waals surface area contributed by atoms with Crippen molar-refractivity contribution in [2.24, 2.45) is 0 Å². The number of hydrogen-bond acceptors (Lipinski definition) is 6. The number of carbonyl (C=O) groups is 2. The molecule has 9 nitrogen and oxygen atoms in total. The molecular formula is C27H35N3O6. The molecule has 0 spiro atoms. The van der Waals surface area contributed by atoms with Crippen molar-refractivity contribution >= 4 is 17.5 Å². The average molecular weight is 498 g/mol. The number of aryl methyl sites for hydroxylation is 1. The number of nitrogens with one attached hydrogen (secondary N) is 1. The van der Waals surface area contributed by atoms with E-state index in [0.29, 0.717) is 6.42 Å². The molecule has 0 aliphatic heterocycles. The molecule has 2 aromatic rings. The van der Waals surface area contributed by atoms with Gasteiger partial charge < -0.3 is 19.7 Å². The molecule has 0 saturated heterocycles. The fourth-order valence-corrected chi connectivity index (χ4v) is 4.48. The normalized spacial score (nSPS) is 14.5. The third kappa shape index (κ3) is 7.19. The predicted molar refractivity (Wildman–Crippen MR) is 136 cm³/mol. The second kappa shape index (κ2) is 12.9. The van der Waals surface area contributed by atoms with Crippen LogP contribution in [0.1, 0.15) is 56.6 Å². The van der Waals surface area contributed by atoms with Crippen LogP contribution in [0, 0.1) is 17.0 Å². The molecule has 1 fully saturated rings. The molecule has 2 aromatic carbocycles. The number of amides is 2. The first-order chi connectivity index (χ1) is 17.3. The Morgan fingerprint density at radius 3 is 2.44 bits per heavy atom. The number of nitro benzene ring substituents is 1. The number of rotatable bonds is 11. The first-order valence-corrected chi connectivity index (χ1v) is 12.4. The summed E-state index contributed by atoms with van der Waals surface area (Å²) in [7, 11) is 1.33. The molecule has 3 rings (SSSR count). The summed E-state index contributed by atoms with van der Waals surface area (Å²) in [5.41, 5.74) is 1.83. The van der Waals surface area contributed by atoms with E-state index in [1.807, 2.05) is 38.1 Å². The largest absolute Gasteiger partial charge is 0.490 e. The minimum Gasteiger partial charge on any atom is -0.490 e. The van der Waals surface area contributed by atoms with Gasteiger partial charge in [-0.1, -0.05) is 56.0 Å². The number of nitro groups is 1. The standard InChI is InChI=1S/C27H35N3O6/c1-4-23(27(32)28-21-8-6-5-7-9-21)29(17-20-12-10-19(2)11-13-20)26(31)18-36-22-14-15-24(30(33)34)25(16-22)35-3/h10-16,21,23H,4-9,17-18H2,1-3H3,(H,28,32)/t23-/m0/s1. The Morgan fingerprint density at radius 1 is 1.14 bits per heavy atom. The zero-order valence-electron chi connectivity index (χ0n) is 21.2. The summed E-state index contributed by atoms with van der Waals surface area (Å²) < 4.78 is 10.8. The molecule has 9 heteroatoms. The highest BCUT2D eigenvalue weighted by Crippen LogP contribution is 2.31. The van der Waals surface area contributed by atoms with Crippen LogP contribution in [-0.2, 0) is 16.1 Å². The zero-order valence-corrected chi connectivity index (χ0v) is 21.2. The van der Waals surface area contributed by atoms with Crippen molar-refractivity contribution in [3.8, 4) is 11.5 Å². The maximum Gasteiger partial charge on any atom is 0.311 e. The van der Waals surface area contributed by atoms with Gasteiger partial charge >= 0.3 is 5.69 Å². The maximum atomic E-state index is 13.4. The first kappa shape index (κ1) is 27.0. The minimum atomic E-state index is -0.643. The van der Waals surface area contributed by atoms with E-state index in [1.165, 1.54) is 31.7 Å². The highest BCUT2D eigenvalue weighted by Gasteiger charge is 2.30. The van der Waals surface area contributed by atoms with Gasteiger partial charge in [0.05, 0.1) is 12.0 Å². The Bertz CT molecular complexity index is 1050. The van der Waals surface area contributed by atoms with Crippen molar-refractivity contribution in [1.82, 2.24) is 10.2 Å². The minimum absolute atomic E-state index is 0.0414. The van der Waals surface area contributed by atoms with Gasteiger partial charge in [-0.15, -0.1) is 0 Å². The lowest BCUT2D eigenvalue weighted by Crippen LogP contribution is -2.52. The number of benzene rings is 2. The van der Waals surface area contributed by atoms with Crippen molar-refractivity contribution in [2.75, 3.05) is 13.7 Å². The molecule has 0 aromatic heterocycles. The number of ether oxygens (including phenoxy) is 2. The van der Waals surface area contributed by atoms with Crippen LogP contribution in [0.5, 0.6) is 11.5 Å². The topological polar surface area (TPSA) is 111 Å². The van der Waals surface area contributed by atoms with Crippen molar-refractivity contribution in [1.29, 1.82) is 0 Å². The van der Waals surface area contributed by atoms with E-state index < -0.39 is 11.0 Å². The van der Waals surface area contributed by atoms with Gasteiger partial charge in [0, 0.05) is 24.7 Å². The summed E-state index contributed by atoms with van der Waals surface area (Å²) in [4.78, 5) is 38.8. The molecule has 0 unspecified atom stereocenters. The van der Waals surface area contributed by atoms with Crippen LogP contribution in [0.2, 0.25) is 0 Å². The van der Waals surface area contributed by atoms with Crippen LogP contribution >= 0.6 is 0 Å². The van der Waals surface area contributed by atoms with E-state index in [0.717, 1.165) is 36.8 Å². The van der Waals surface area contributed by atoms with Crippen LogP contribution in [-0.4, -0.2) is 47.4 Å². The summed E-state index contributed by atoms with van der Waals surface area (Å²) in [5, 5.41) is 14.3. The number of nitrogens with zero attached hydrogens (tertiary/aromatic N) is 2. The Labute approximate surface area is 211 Å². The van der Waals surface area contributed by atoms with E-state index in [-0.39, 0.29) is 48.2 Å². The quantitative estimate of drug-likeness (QED) is 0.360. The Balaban J connectivity index is 1.77. The van der Waals surface area contributed by atoms with Gasteiger partial charge in [0.1, 0.15) is 11.8 Å². The van der Waals surface area contributed by atoms with E-state index in [9.17, 15) is 19.7 Å².